The van der Waals surface area contributed by atoms with Crippen LogP contribution >= 0.6 is 11.8 Å². The van der Waals surface area contributed by atoms with Gasteiger partial charge in [-0.3, -0.25) is 10.1 Å². The van der Waals surface area contributed by atoms with Gasteiger partial charge in [0, 0.05) is 5.75 Å². The van der Waals surface area contributed by atoms with E-state index in [0.717, 1.165) is 23.9 Å². The van der Waals surface area contributed by atoms with Crippen LogP contribution in [0.3, 0.4) is 0 Å². The zero-order valence-electron chi connectivity index (χ0n) is 9.37. The van der Waals surface area contributed by atoms with Gasteiger partial charge in [-0.05, 0) is 17.7 Å². The normalized spacial score (nSPS) is 23.6. The van der Waals surface area contributed by atoms with E-state index in [0.29, 0.717) is 6.07 Å². The van der Waals surface area contributed by atoms with Crippen LogP contribution < -0.4 is 5.32 Å². The number of benzene rings is 1. The van der Waals surface area contributed by atoms with Gasteiger partial charge in [0.1, 0.15) is 11.9 Å². The molecule has 2 N–H and O–H groups in total. The predicted octanol–water partition coefficient (Wildman–Crippen LogP) is 2.63. The third-order valence-corrected chi connectivity index (χ3v) is 3.93. The number of carboxylic acids is 1. The molecule has 2 atom stereocenters. The first-order chi connectivity index (χ1) is 8.79. The smallest absolute Gasteiger partial charge is 0.416 e. The van der Waals surface area contributed by atoms with Gasteiger partial charge in [-0.1, -0.05) is 6.07 Å². The van der Waals surface area contributed by atoms with Gasteiger partial charge in [-0.2, -0.15) is 13.2 Å². The second kappa shape index (κ2) is 5.01. The molecule has 1 aromatic rings. The van der Waals surface area contributed by atoms with Crippen molar-refractivity contribution in [3.63, 3.8) is 0 Å². The molecule has 0 saturated carbocycles. The van der Waals surface area contributed by atoms with Crippen molar-refractivity contribution in [3.05, 3.63) is 35.1 Å². The molecule has 104 valence electrons. The summed E-state index contributed by atoms with van der Waals surface area (Å²) in [6, 6.07) is 1.49. The molecule has 1 unspecified atom stereocenters. The predicted molar refractivity (Wildman–Crippen MR) is 61.2 cm³/mol. The maximum atomic E-state index is 12.9. The molecule has 19 heavy (non-hydrogen) atoms. The summed E-state index contributed by atoms with van der Waals surface area (Å²) in [6.45, 7) is 0. The molecule has 0 aromatic heterocycles. The molecule has 3 nitrogen and oxygen atoms in total. The van der Waals surface area contributed by atoms with Crippen LogP contribution in [0.25, 0.3) is 0 Å². The Labute approximate surface area is 110 Å². The lowest BCUT2D eigenvalue weighted by atomic mass is 10.1. The van der Waals surface area contributed by atoms with Crippen molar-refractivity contribution in [3.8, 4) is 0 Å². The molecule has 1 aliphatic heterocycles. The fraction of sp³-hybridized carbons (Fsp3) is 0.364. The third-order valence-electron chi connectivity index (χ3n) is 2.68. The van der Waals surface area contributed by atoms with Crippen molar-refractivity contribution in [2.24, 2.45) is 0 Å². The Morgan fingerprint density at radius 1 is 1.42 bits per heavy atom. The fourth-order valence-corrected chi connectivity index (χ4v) is 3.07. The number of aliphatic carboxylic acids is 1. The zero-order valence-corrected chi connectivity index (χ0v) is 10.2. The number of alkyl halides is 3. The van der Waals surface area contributed by atoms with Crippen LogP contribution in [-0.4, -0.2) is 22.9 Å². The molecule has 1 fully saturated rings. The summed E-state index contributed by atoms with van der Waals surface area (Å²) in [5, 5.41) is 10.6. The van der Waals surface area contributed by atoms with E-state index in [1.807, 2.05) is 0 Å². The molecule has 0 aliphatic carbocycles. The van der Waals surface area contributed by atoms with Crippen LogP contribution in [0.2, 0.25) is 0 Å². The van der Waals surface area contributed by atoms with E-state index in [9.17, 15) is 22.4 Å². The molecule has 0 bridgehead atoms. The van der Waals surface area contributed by atoms with Gasteiger partial charge in [-0.25, -0.2) is 4.39 Å². The van der Waals surface area contributed by atoms with Gasteiger partial charge in [0.25, 0.3) is 0 Å². The van der Waals surface area contributed by atoms with E-state index >= 15 is 0 Å². The second-order valence-corrected chi connectivity index (χ2v) is 5.14. The molecule has 1 aliphatic rings. The summed E-state index contributed by atoms with van der Waals surface area (Å²) in [6.07, 6.45) is -4.68. The lowest BCUT2D eigenvalue weighted by Crippen LogP contribution is -2.34. The Hall–Kier alpha value is -1.28. The maximum Gasteiger partial charge on any atom is 0.416 e. The highest BCUT2D eigenvalue weighted by Crippen LogP contribution is 2.40. The number of carbonyl (C=O) groups is 1. The zero-order chi connectivity index (χ0) is 14.2. The topological polar surface area (TPSA) is 49.3 Å². The number of thioether (sulfide) groups is 1. The lowest BCUT2D eigenvalue weighted by Gasteiger charge is -2.18. The Kier molecular flexibility index (Phi) is 3.73. The van der Waals surface area contributed by atoms with E-state index in [4.69, 9.17) is 5.11 Å². The fourth-order valence-electron chi connectivity index (χ4n) is 1.80. The van der Waals surface area contributed by atoms with Gasteiger partial charge >= 0.3 is 12.1 Å². The summed E-state index contributed by atoms with van der Waals surface area (Å²) in [5.41, 5.74) is -1.23. The van der Waals surface area contributed by atoms with Crippen molar-refractivity contribution in [1.82, 2.24) is 5.32 Å². The van der Waals surface area contributed by atoms with Crippen molar-refractivity contribution < 1.29 is 27.5 Å². The number of nitrogens with one attached hydrogen (secondary N) is 1. The quantitative estimate of drug-likeness (QED) is 0.824. The first-order valence-electron chi connectivity index (χ1n) is 5.26. The minimum Gasteiger partial charge on any atom is -0.480 e. The van der Waals surface area contributed by atoms with Crippen molar-refractivity contribution >= 4 is 17.7 Å². The highest BCUT2D eigenvalue weighted by atomic mass is 32.2. The van der Waals surface area contributed by atoms with Gasteiger partial charge in [-0.15, -0.1) is 11.8 Å². The SMILES string of the molecule is O=C(O)[C@H]1CSC(c2ccc(F)cc2C(F)(F)F)N1. The number of rotatable bonds is 2. The largest absolute Gasteiger partial charge is 0.480 e. The number of halogens is 4. The molecule has 1 heterocycles. The minimum absolute atomic E-state index is 0.150. The Balaban J connectivity index is 2.33. The molecule has 0 amide bonds. The molecule has 8 heteroatoms. The summed E-state index contributed by atoms with van der Waals surface area (Å²) in [7, 11) is 0. The lowest BCUT2D eigenvalue weighted by molar-refractivity contribution is -0.138. The summed E-state index contributed by atoms with van der Waals surface area (Å²) < 4.78 is 51.4. The maximum absolute atomic E-state index is 12.9. The van der Waals surface area contributed by atoms with Crippen molar-refractivity contribution in [2.75, 3.05) is 5.75 Å². The average molecular weight is 295 g/mol. The third kappa shape index (κ3) is 3.01. The minimum atomic E-state index is -4.68. The first-order valence-corrected chi connectivity index (χ1v) is 6.31. The standard InChI is InChI=1S/C11H9F4NO2S/c12-5-1-2-6(7(3-5)11(13,14)15)9-16-8(4-19-9)10(17)18/h1-3,8-9,16H,4H2,(H,17,18)/t8-,9?/m1/s1. The van der Waals surface area contributed by atoms with Crippen molar-refractivity contribution in [1.29, 1.82) is 0 Å². The molecule has 2 rings (SSSR count). The monoisotopic (exact) mass is 295 g/mol. The Morgan fingerprint density at radius 3 is 2.63 bits per heavy atom. The Morgan fingerprint density at radius 2 is 2.11 bits per heavy atom. The van der Waals surface area contributed by atoms with Crippen LogP contribution in [-0.2, 0) is 11.0 Å². The van der Waals surface area contributed by atoms with Crippen LogP contribution in [0.5, 0.6) is 0 Å². The Bertz CT molecular complexity index is 506. The van der Waals surface area contributed by atoms with Gasteiger partial charge < -0.3 is 5.11 Å². The second-order valence-electron chi connectivity index (χ2n) is 4.00. The van der Waals surface area contributed by atoms with E-state index in [1.54, 1.807) is 0 Å². The summed E-state index contributed by atoms with van der Waals surface area (Å²) >= 11 is 1.05. The summed E-state index contributed by atoms with van der Waals surface area (Å²) in [4.78, 5) is 10.8. The van der Waals surface area contributed by atoms with Crippen LogP contribution in [0.4, 0.5) is 17.6 Å². The van der Waals surface area contributed by atoms with Crippen LogP contribution in [0.15, 0.2) is 18.2 Å². The highest BCUT2D eigenvalue weighted by Gasteiger charge is 2.39. The number of hydrogen-bond acceptors (Lipinski definition) is 3. The van der Waals surface area contributed by atoms with Gasteiger partial charge in [0.05, 0.1) is 10.9 Å². The summed E-state index contributed by atoms with van der Waals surface area (Å²) in [5.74, 6) is -1.94. The molecule has 1 aromatic carbocycles. The van der Waals surface area contributed by atoms with Crippen molar-refractivity contribution in [2.45, 2.75) is 17.6 Å². The number of carboxylic acid groups (broad SMARTS) is 1. The van der Waals surface area contributed by atoms with E-state index in [1.165, 1.54) is 0 Å². The van der Waals surface area contributed by atoms with E-state index in [-0.39, 0.29) is 11.3 Å². The van der Waals surface area contributed by atoms with Crippen LogP contribution in [0.1, 0.15) is 16.5 Å². The van der Waals surface area contributed by atoms with Crippen LogP contribution in [0, 0.1) is 5.82 Å². The molecule has 0 spiro atoms. The molecule has 1 saturated heterocycles. The number of hydrogen-bond donors (Lipinski definition) is 2. The molecular formula is C11H9F4NO2S. The average Bonchev–Trinajstić information content (AvgIpc) is 2.77. The highest BCUT2D eigenvalue weighted by molar-refractivity contribution is 7.99. The first kappa shape index (κ1) is 14.1. The molecule has 0 radical (unpaired) electrons. The van der Waals surface area contributed by atoms with Gasteiger partial charge in [0.2, 0.25) is 0 Å². The van der Waals surface area contributed by atoms with E-state index in [2.05, 4.69) is 5.32 Å². The van der Waals surface area contributed by atoms with Gasteiger partial charge in [0.15, 0.2) is 0 Å². The molecular weight excluding hydrogens is 286 g/mol. The van der Waals surface area contributed by atoms with E-state index < -0.39 is 34.9 Å².